The number of carbonyl (C=O) groups excluding carboxylic acids is 1. The van der Waals surface area contributed by atoms with E-state index < -0.39 is 0 Å². The molecule has 6 heteroatoms. The Morgan fingerprint density at radius 1 is 1.23 bits per heavy atom. The number of aromatic nitrogens is 2. The second kappa shape index (κ2) is 6.92. The Kier molecular flexibility index (Phi) is 4.47. The van der Waals surface area contributed by atoms with Crippen LogP contribution in [0.1, 0.15) is 29.4 Å². The zero-order chi connectivity index (χ0) is 18.1. The van der Waals surface area contributed by atoms with Gasteiger partial charge < -0.3 is 9.42 Å². The van der Waals surface area contributed by atoms with Gasteiger partial charge in [-0.1, -0.05) is 58.7 Å². The van der Waals surface area contributed by atoms with Crippen molar-refractivity contribution in [3.8, 4) is 11.4 Å². The highest BCUT2D eigenvalue weighted by Gasteiger charge is 2.34. The van der Waals surface area contributed by atoms with Crippen molar-refractivity contribution < 1.29 is 9.32 Å². The molecule has 0 saturated carbocycles. The number of hydrogen-bond acceptors (Lipinski definition) is 4. The van der Waals surface area contributed by atoms with Crippen LogP contribution in [0.4, 0.5) is 0 Å². The van der Waals surface area contributed by atoms with E-state index in [-0.39, 0.29) is 11.8 Å². The van der Waals surface area contributed by atoms with Gasteiger partial charge in [0.2, 0.25) is 17.6 Å². The molecule has 4 rings (SSSR count). The standard InChI is InChI=1S/C20H18ClN3O2/c1-13-5-4-6-14(9-13)11-24-12-15(10-18(24)25)20-22-19(23-26-20)16-7-2-3-8-17(16)21/h2-9,15H,10-12H2,1H3. The van der Waals surface area contributed by atoms with Gasteiger partial charge in [0.25, 0.3) is 0 Å². The van der Waals surface area contributed by atoms with Crippen molar-refractivity contribution in [3.05, 3.63) is 70.6 Å². The molecule has 5 nitrogen and oxygen atoms in total. The zero-order valence-electron chi connectivity index (χ0n) is 14.4. The first-order valence-corrected chi connectivity index (χ1v) is 8.90. The molecule has 0 radical (unpaired) electrons. The van der Waals surface area contributed by atoms with Crippen LogP contribution in [0.25, 0.3) is 11.4 Å². The zero-order valence-corrected chi connectivity index (χ0v) is 15.1. The third kappa shape index (κ3) is 3.35. The van der Waals surface area contributed by atoms with Crippen LogP contribution in [0.5, 0.6) is 0 Å². The second-order valence-electron chi connectivity index (χ2n) is 6.60. The van der Waals surface area contributed by atoms with Crippen LogP contribution in [-0.2, 0) is 11.3 Å². The summed E-state index contributed by atoms with van der Waals surface area (Å²) in [6.07, 6.45) is 0.385. The normalized spacial score (nSPS) is 17.1. The Labute approximate surface area is 156 Å². The smallest absolute Gasteiger partial charge is 0.232 e. The number of halogens is 1. The van der Waals surface area contributed by atoms with Crippen molar-refractivity contribution in [1.82, 2.24) is 15.0 Å². The Morgan fingerprint density at radius 3 is 2.88 bits per heavy atom. The van der Waals surface area contributed by atoms with E-state index in [9.17, 15) is 4.79 Å². The number of aryl methyl sites for hydroxylation is 1. The van der Waals surface area contributed by atoms with Gasteiger partial charge in [-0.25, -0.2) is 0 Å². The lowest BCUT2D eigenvalue weighted by molar-refractivity contribution is -0.128. The van der Waals surface area contributed by atoms with Crippen molar-refractivity contribution in [1.29, 1.82) is 0 Å². The maximum Gasteiger partial charge on any atom is 0.232 e. The van der Waals surface area contributed by atoms with Crippen molar-refractivity contribution in [2.75, 3.05) is 6.54 Å². The monoisotopic (exact) mass is 367 g/mol. The van der Waals surface area contributed by atoms with Crippen molar-refractivity contribution in [3.63, 3.8) is 0 Å². The summed E-state index contributed by atoms with van der Waals surface area (Å²) in [4.78, 5) is 18.7. The van der Waals surface area contributed by atoms with Gasteiger partial charge in [0.1, 0.15) is 0 Å². The maximum absolute atomic E-state index is 12.4. The molecule has 1 unspecified atom stereocenters. The van der Waals surface area contributed by atoms with E-state index in [1.807, 2.05) is 48.2 Å². The molecule has 0 aliphatic carbocycles. The molecule has 3 aromatic rings. The van der Waals surface area contributed by atoms with Crippen LogP contribution in [0.3, 0.4) is 0 Å². The maximum atomic E-state index is 12.4. The molecule has 0 spiro atoms. The minimum atomic E-state index is -0.0870. The van der Waals surface area contributed by atoms with Crippen LogP contribution in [0, 0.1) is 6.92 Å². The van der Waals surface area contributed by atoms with Gasteiger partial charge in [0, 0.05) is 25.1 Å². The lowest BCUT2D eigenvalue weighted by atomic mass is 10.1. The second-order valence-corrected chi connectivity index (χ2v) is 7.01. The topological polar surface area (TPSA) is 59.2 Å². The molecule has 1 atom stereocenters. The van der Waals surface area contributed by atoms with E-state index in [4.69, 9.17) is 16.1 Å². The van der Waals surface area contributed by atoms with Gasteiger partial charge in [-0.15, -0.1) is 0 Å². The summed E-state index contributed by atoms with van der Waals surface area (Å²) in [7, 11) is 0. The van der Waals surface area contributed by atoms with Gasteiger partial charge >= 0.3 is 0 Å². The molecule has 1 fully saturated rings. The van der Waals surface area contributed by atoms with Crippen molar-refractivity contribution >= 4 is 17.5 Å². The van der Waals surface area contributed by atoms with Crippen LogP contribution in [0.15, 0.2) is 53.1 Å². The van der Waals surface area contributed by atoms with Gasteiger partial charge in [-0.05, 0) is 24.6 Å². The number of nitrogens with zero attached hydrogens (tertiary/aromatic N) is 3. The summed E-state index contributed by atoms with van der Waals surface area (Å²) in [6, 6.07) is 15.6. The summed E-state index contributed by atoms with van der Waals surface area (Å²) < 4.78 is 5.43. The minimum absolute atomic E-state index is 0.0870. The lowest BCUT2D eigenvalue weighted by Crippen LogP contribution is -2.24. The predicted octanol–water partition coefficient (Wildman–Crippen LogP) is 4.21. The molecule has 26 heavy (non-hydrogen) atoms. The highest BCUT2D eigenvalue weighted by Crippen LogP contribution is 2.31. The Hall–Kier alpha value is -2.66. The highest BCUT2D eigenvalue weighted by atomic mass is 35.5. The number of likely N-dealkylation sites (tertiary alicyclic amines) is 1. The Balaban J connectivity index is 1.50. The molecule has 2 aromatic carbocycles. The van der Waals surface area contributed by atoms with E-state index in [0.717, 1.165) is 11.1 Å². The highest BCUT2D eigenvalue weighted by molar-refractivity contribution is 6.33. The lowest BCUT2D eigenvalue weighted by Gasteiger charge is -2.16. The predicted molar refractivity (Wildman–Crippen MR) is 98.7 cm³/mol. The molecule has 2 heterocycles. The molecule has 1 amide bonds. The summed E-state index contributed by atoms with van der Waals surface area (Å²) in [6.45, 7) is 3.23. The fraction of sp³-hybridized carbons (Fsp3) is 0.250. The van der Waals surface area contributed by atoms with Gasteiger partial charge in [0.05, 0.1) is 10.9 Å². The average molecular weight is 368 g/mol. The third-order valence-electron chi connectivity index (χ3n) is 4.58. The molecule has 0 bridgehead atoms. The largest absolute Gasteiger partial charge is 0.339 e. The van der Waals surface area contributed by atoms with E-state index in [2.05, 4.69) is 16.2 Å². The van der Waals surface area contributed by atoms with Gasteiger partial charge in [0.15, 0.2) is 0 Å². The Morgan fingerprint density at radius 2 is 2.08 bits per heavy atom. The van der Waals surface area contributed by atoms with Crippen LogP contribution in [0.2, 0.25) is 5.02 Å². The molecule has 132 valence electrons. The van der Waals surface area contributed by atoms with E-state index in [0.29, 0.717) is 36.2 Å². The number of hydrogen-bond donors (Lipinski definition) is 0. The SMILES string of the molecule is Cc1cccc(CN2CC(c3nc(-c4ccccc4Cl)no3)CC2=O)c1. The first kappa shape index (κ1) is 16.8. The fourth-order valence-corrected chi connectivity index (χ4v) is 3.49. The van der Waals surface area contributed by atoms with E-state index in [1.54, 1.807) is 6.07 Å². The molecule has 1 aromatic heterocycles. The number of rotatable bonds is 4. The number of amides is 1. The van der Waals surface area contributed by atoms with Crippen LogP contribution >= 0.6 is 11.6 Å². The van der Waals surface area contributed by atoms with Gasteiger partial charge in [-0.3, -0.25) is 4.79 Å². The summed E-state index contributed by atoms with van der Waals surface area (Å²) in [5.41, 5.74) is 3.04. The molecule has 1 aliphatic heterocycles. The summed E-state index contributed by atoms with van der Waals surface area (Å²) >= 11 is 6.19. The van der Waals surface area contributed by atoms with Crippen molar-refractivity contribution in [2.24, 2.45) is 0 Å². The van der Waals surface area contributed by atoms with Crippen molar-refractivity contribution in [2.45, 2.75) is 25.8 Å². The molecular formula is C20H18ClN3O2. The molecular weight excluding hydrogens is 350 g/mol. The molecule has 1 saturated heterocycles. The van der Waals surface area contributed by atoms with Gasteiger partial charge in [-0.2, -0.15) is 4.98 Å². The fourth-order valence-electron chi connectivity index (χ4n) is 3.27. The first-order chi connectivity index (χ1) is 12.6. The van der Waals surface area contributed by atoms with Crippen LogP contribution in [-0.4, -0.2) is 27.5 Å². The van der Waals surface area contributed by atoms with E-state index >= 15 is 0 Å². The summed E-state index contributed by atoms with van der Waals surface area (Å²) in [5, 5.41) is 4.61. The quantitative estimate of drug-likeness (QED) is 0.693. The molecule has 0 N–H and O–H groups in total. The van der Waals surface area contributed by atoms with E-state index in [1.165, 1.54) is 5.56 Å². The number of benzene rings is 2. The minimum Gasteiger partial charge on any atom is -0.339 e. The molecule has 1 aliphatic rings. The average Bonchev–Trinajstić information content (AvgIpc) is 3.23. The Bertz CT molecular complexity index is 953. The van der Waals surface area contributed by atoms with Crippen LogP contribution < -0.4 is 0 Å². The number of carbonyl (C=O) groups is 1. The third-order valence-corrected chi connectivity index (χ3v) is 4.91. The summed E-state index contributed by atoms with van der Waals surface area (Å²) in [5.74, 6) is 0.959. The first-order valence-electron chi connectivity index (χ1n) is 8.52.